The fraction of sp³-hybridized carbons (Fsp3) is 0.143. The van der Waals surface area contributed by atoms with Crippen molar-refractivity contribution < 1.29 is 8.96 Å². The molecule has 108 valence electrons. The zero-order valence-corrected chi connectivity index (χ0v) is 13.9. The lowest BCUT2D eigenvalue weighted by molar-refractivity contribution is -0.708. The summed E-state index contributed by atoms with van der Waals surface area (Å²) in [6, 6.07) is 10.5. The van der Waals surface area contributed by atoms with Crippen LogP contribution >= 0.6 is 25.3 Å². The van der Waals surface area contributed by atoms with Crippen molar-refractivity contribution in [3.63, 3.8) is 0 Å². The average Bonchev–Trinajstić information content (AvgIpc) is 2.99. The van der Waals surface area contributed by atoms with Gasteiger partial charge in [-0.2, -0.15) is 0 Å². The van der Waals surface area contributed by atoms with Crippen molar-refractivity contribution in [2.45, 2.75) is 10.3 Å². The SMILES string of the molecule is Cn1cc[n+]([BH-](c2ccccc2)[n+]2ccn(C)c2S)c1S. The lowest BCUT2D eigenvalue weighted by Crippen LogP contribution is -2.76. The molecule has 7 heteroatoms. The number of benzene rings is 1. The van der Waals surface area contributed by atoms with Crippen LogP contribution in [0, 0.1) is 0 Å². The number of hydrogen-bond donors (Lipinski definition) is 2. The second-order valence-electron chi connectivity index (χ2n) is 5.30. The third-order valence-electron chi connectivity index (χ3n) is 3.94. The minimum Gasteiger partial charge on any atom is -0.380 e. The summed E-state index contributed by atoms with van der Waals surface area (Å²) < 4.78 is 8.43. The summed E-state index contributed by atoms with van der Waals surface area (Å²) in [5.41, 5.74) is 1.26. The molecule has 2 heterocycles. The smallest absolute Gasteiger partial charge is 0.380 e. The van der Waals surface area contributed by atoms with Crippen molar-refractivity contribution in [3.05, 3.63) is 55.1 Å². The van der Waals surface area contributed by atoms with Crippen molar-refractivity contribution in [3.8, 4) is 0 Å². The molecule has 0 saturated heterocycles. The summed E-state index contributed by atoms with van der Waals surface area (Å²) in [6.45, 7) is -1.03. The molecule has 0 spiro atoms. The quantitative estimate of drug-likeness (QED) is 0.502. The normalized spacial score (nSPS) is 11.3. The van der Waals surface area contributed by atoms with E-state index in [1.807, 2.05) is 41.7 Å². The monoisotopic (exact) mass is 317 g/mol. The number of nitrogens with zero attached hydrogens (tertiary/aromatic N) is 4. The van der Waals surface area contributed by atoms with Crippen LogP contribution in [-0.2, 0) is 14.1 Å². The summed E-state index contributed by atoms with van der Waals surface area (Å²) in [6.07, 6.45) is 8.19. The fourth-order valence-electron chi connectivity index (χ4n) is 2.75. The summed E-state index contributed by atoms with van der Waals surface area (Å²) >= 11 is 9.29. The van der Waals surface area contributed by atoms with Gasteiger partial charge in [0.15, 0.2) is 0 Å². The molecule has 3 rings (SSSR count). The molecule has 0 atom stereocenters. The van der Waals surface area contributed by atoms with Crippen LogP contribution in [-0.4, -0.2) is 16.1 Å². The first-order chi connectivity index (χ1) is 10.1. The fourth-order valence-corrected chi connectivity index (χ4v) is 3.28. The van der Waals surface area contributed by atoms with Gasteiger partial charge in [-0.05, 0) is 0 Å². The molecule has 0 amide bonds. The van der Waals surface area contributed by atoms with Crippen LogP contribution in [0.5, 0.6) is 0 Å². The molecular formula is C14H18BN4S2+. The van der Waals surface area contributed by atoms with E-state index in [4.69, 9.17) is 0 Å². The molecular weight excluding hydrogens is 299 g/mol. The third kappa shape index (κ3) is 2.51. The third-order valence-corrected chi connectivity index (χ3v) is 5.08. The molecule has 1 aromatic carbocycles. The largest absolute Gasteiger partial charge is 0.398 e. The highest BCUT2D eigenvalue weighted by Gasteiger charge is 2.27. The van der Waals surface area contributed by atoms with Gasteiger partial charge in [0.2, 0.25) is 0 Å². The topological polar surface area (TPSA) is 17.6 Å². The summed E-state index contributed by atoms with van der Waals surface area (Å²) in [7, 11) is 4.00. The Morgan fingerprint density at radius 3 is 1.71 bits per heavy atom. The molecule has 0 bridgehead atoms. The van der Waals surface area contributed by atoms with E-state index in [2.05, 4.69) is 70.9 Å². The molecule has 0 fully saturated rings. The van der Waals surface area contributed by atoms with Gasteiger partial charge in [-0.25, -0.2) is 9.13 Å². The molecule has 0 N–H and O–H groups in total. The molecule has 0 saturated carbocycles. The van der Waals surface area contributed by atoms with E-state index in [0.29, 0.717) is 0 Å². The Balaban J connectivity index is 2.21. The van der Waals surface area contributed by atoms with E-state index in [0.717, 1.165) is 10.3 Å². The van der Waals surface area contributed by atoms with Gasteiger partial charge in [-0.3, -0.25) is 0 Å². The van der Waals surface area contributed by atoms with Crippen LogP contribution in [0.15, 0.2) is 65.4 Å². The van der Waals surface area contributed by atoms with Crippen molar-refractivity contribution in [1.82, 2.24) is 9.13 Å². The van der Waals surface area contributed by atoms with E-state index >= 15 is 0 Å². The second-order valence-corrected chi connectivity index (χ2v) is 6.10. The van der Waals surface area contributed by atoms with Crippen LogP contribution in [0.25, 0.3) is 0 Å². The van der Waals surface area contributed by atoms with E-state index in [1.165, 1.54) is 5.46 Å². The van der Waals surface area contributed by atoms with Crippen molar-refractivity contribution in [2.24, 2.45) is 14.1 Å². The van der Waals surface area contributed by atoms with Crippen molar-refractivity contribution in [1.29, 1.82) is 0 Å². The van der Waals surface area contributed by atoms with Crippen molar-refractivity contribution in [2.75, 3.05) is 0 Å². The lowest BCUT2D eigenvalue weighted by Gasteiger charge is -2.20. The number of rotatable bonds is 3. The van der Waals surface area contributed by atoms with E-state index in [9.17, 15) is 0 Å². The van der Waals surface area contributed by atoms with Gasteiger partial charge in [0, 0.05) is 0 Å². The molecule has 2 aromatic heterocycles. The Bertz CT molecular complexity index is 720. The molecule has 0 aliphatic heterocycles. The summed E-state index contributed by atoms with van der Waals surface area (Å²) in [5.74, 6) is 0. The predicted octanol–water partition coefficient (Wildman–Crippen LogP) is 0.0401. The summed E-state index contributed by atoms with van der Waals surface area (Å²) in [4.78, 5) is 0. The average molecular weight is 317 g/mol. The number of imidazole rings is 2. The van der Waals surface area contributed by atoms with Crippen molar-refractivity contribution >= 4 is 37.7 Å². The highest BCUT2D eigenvalue weighted by atomic mass is 32.1. The minimum absolute atomic E-state index is 0.919. The molecule has 0 aliphatic carbocycles. The lowest BCUT2D eigenvalue weighted by atomic mass is 9.67. The van der Waals surface area contributed by atoms with Gasteiger partial charge in [0.1, 0.15) is 12.4 Å². The Morgan fingerprint density at radius 1 is 0.857 bits per heavy atom. The number of aryl methyl sites for hydroxylation is 2. The van der Waals surface area contributed by atoms with E-state index in [-0.39, 0.29) is 0 Å². The molecule has 4 nitrogen and oxygen atoms in total. The highest BCUT2D eigenvalue weighted by molar-refractivity contribution is 7.80. The molecule has 0 aliphatic rings. The molecule has 21 heavy (non-hydrogen) atoms. The van der Waals surface area contributed by atoms with Gasteiger partial charge in [-0.15, -0.1) is 5.46 Å². The van der Waals surface area contributed by atoms with Gasteiger partial charge in [-0.1, -0.05) is 55.6 Å². The van der Waals surface area contributed by atoms with Crippen LogP contribution in [0.4, 0.5) is 0 Å². The first-order valence-electron chi connectivity index (χ1n) is 6.83. The maximum atomic E-state index is 4.64. The minimum atomic E-state index is -1.03. The van der Waals surface area contributed by atoms with Gasteiger partial charge in [0.05, 0.1) is 26.5 Å². The standard InChI is InChI=1S/C14H17BN4S2/c1-16-8-10-18(13(16)20)15(12-6-4-3-5-7-12)19-11-9-17(2)14(19)21/h3-11,15H,1-2H3,(H-,20,21)/p+1. The van der Waals surface area contributed by atoms with Gasteiger partial charge < -0.3 is 8.96 Å². The maximum absolute atomic E-state index is 4.64. The van der Waals surface area contributed by atoms with E-state index in [1.54, 1.807) is 0 Å². The second kappa shape index (κ2) is 5.65. The first-order valence-corrected chi connectivity index (χ1v) is 7.73. The van der Waals surface area contributed by atoms with Crippen LogP contribution in [0.3, 0.4) is 0 Å². The number of thiol groups is 2. The Labute approximate surface area is 135 Å². The molecule has 0 radical (unpaired) electrons. The maximum Gasteiger partial charge on any atom is 0.398 e. The number of hydrogen-bond acceptors (Lipinski definition) is 2. The Hall–Kier alpha value is -1.60. The summed E-state index contributed by atoms with van der Waals surface area (Å²) in [5, 5.41) is 1.84. The molecule has 3 aromatic rings. The Morgan fingerprint density at radius 2 is 1.33 bits per heavy atom. The highest BCUT2D eigenvalue weighted by Crippen LogP contribution is 2.01. The molecule has 0 unspecified atom stereocenters. The van der Waals surface area contributed by atoms with E-state index < -0.39 is 6.98 Å². The zero-order valence-electron chi connectivity index (χ0n) is 12.1. The zero-order chi connectivity index (χ0) is 15.0. The van der Waals surface area contributed by atoms with Gasteiger partial charge in [0.25, 0.3) is 10.3 Å². The van der Waals surface area contributed by atoms with Crippen LogP contribution < -0.4 is 14.4 Å². The van der Waals surface area contributed by atoms with Crippen LogP contribution in [0.2, 0.25) is 0 Å². The van der Waals surface area contributed by atoms with Gasteiger partial charge >= 0.3 is 6.98 Å². The van der Waals surface area contributed by atoms with Crippen LogP contribution in [0.1, 0.15) is 0 Å². The predicted molar refractivity (Wildman–Crippen MR) is 89.7 cm³/mol. The first kappa shape index (κ1) is 14.3. The number of aromatic nitrogens is 4. The Kier molecular flexibility index (Phi) is 3.86.